The Bertz CT molecular complexity index is 1420. The van der Waals surface area contributed by atoms with E-state index in [0.29, 0.717) is 6.54 Å². The molecule has 3 aromatic carbocycles. The van der Waals surface area contributed by atoms with Gasteiger partial charge in [0.15, 0.2) is 0 Å². The molecule has 2 amide bonds. The maximum atomic E-state index is 14.6. The Morgan fingerprint density at radius 1 is 1.05 bits per heavy atom. The van der Waals surface area contributed by atoms with Crippen molar-refractivity contribution in [2.45, 2.75) is 44.2 Å². The van der Waals surface area contributed by atoms with E-state index in [9.17, 15) is 22.4 Å². The van der Waals surface area contributed by atoms with Gasteiger partial charge in [-0.1, -0.05) is 61.3 Å². The first kappa shape index (κ1) is 30.9. The lowest BCUT2D eigenvalue weighted by Gasteiger charge is -2.32. The molecule has 0 saturated carbocycles. The second-order valence-corrected chi connectivity index (χ2v) is 11.4. The molecular formula is C29H33ClFN3O5S. The fourth-order valence-corrected chi connectivity index (χ4v) is 5.62. The Hall–Kier alpha value is -3.63. The Kier molecular flexibility index (Phi) is 10.9. The van der Waals surface area contributed by atoms with Crippen LogP contribution in [0.15, 0.2) is 77.7 Å². The van der Waals surface area contributed by atoms with Gasteiger partial charge < -0.3 is 15.0 Å². The molecule has 0 aliphatic heterocycles. The number of sulfonamides is 1. The summed E-state index contributed by atoms with van der Waals surface area (Å²) in [6.07, 6.45) is 1.61. The number of amides is 2. The SMILES string of the molecule is CCCCNC(=O)[C@H](C)N(Cc1ccccc1F)C(=O)CN(c1cc(Cl)ccc1OC)S(=O)(=O)c1ccccc1. The normalized spacial score (nSPS) is 11.9. The number of hydrogen-bond donors (Lipinski definition) is 1. The van der Waals surface area contributed by atoms with Gasteiger partial charge in [0.05, 0.1) is 17.7 Å². The second-order valence-electron chi connectivity index (χ2n) is 9.07. The maximum Gasteiger partial charge on any atom is 0.264 e. The maximum absolute atomic E-state index is 14.6. The summed E-state index contributed by atoms with van der Waals surface area (Å²) in [6.45, 7) is 2.97. The molecule has 0 aromatic heterocycles. The molecule has 0 radical (unpaired) electrons. The van der Waals surface area contributed by atoms with Gasteiger partial charge in [0, 0.05) is 23.7 Å². The number of hydrogen-bond acceptors (Lipinski definition) is 5. The van der Waals surface area contributed by atoms with E-state index in [1.54, 1.807) is 24.3 Å². The predicted octanol–water partition coefficient (Wildman–Crippen LogP) is 5.02. The monoisotopic (exact) mass is 589 g/mol. The molecule has 40 heavy (non-hydrogen) atoms. The molecule has 3 aromatic rings. The molecule has 8 nitrogen and oxygen atoms in total. The molecule has 0 heterocycles. The van der Waals surface area contributed by atoms with E-state index in [2.05, 4.69) is 5.32 Å². The van der Waals surface area contributed by atoms with E-state index in [1.807, 2.05) is 6.92 Å². The van der Waals surface area contributed by atoms with Crippen molar-refractivity contribution in [3.63, 3.8) is 0 Å². The molecular weight excluding hydrogens is 557 g/mol. The Morgan fingerprint density at radius 2 is 1.73 bits per heavy atom. The van der Waals surface area contributed by atoms with Crippen LogP contribution >= 0.6 is 11.6 Å². The number of ether oxygens (including phenoxy) is 1. The third-order valence-corrected chi connectivity index (χ3v) is 8.32. The smallest absolute Gasteiger partial charge is 0.264 e. The van der Waals surface area contributed by atoms with Crippen molar-refractivity contribution in [3.05, 3.63) is 89.2 Å². The molecule has 0 aliphatic rings. The lowest BCUT2D eigenvalue weighted by Crippen LogP contribution is -2.51. The van der Waals surface area contributed by atoms with Crippen LogP contribution in [0.3, 0.4) is 0 Å². The van der Waals surface area contributed by atoms with Crippen molar-refractivity contribution in [3.8, 4) is 5.75 Å². The largest absolute Gasteiger partial charge is 0.495 e. The van der Waals surface area contributed by atoms with Gasteiger partial charge in [0.1, 0.15) is 24.2 Å². The number of rotatable bonds is 13. The summed E-state index contributed by atoms with van der Waals surface area (Å²) >= 11 is 6.22. The molecule has 214 valence electrons. The summed E-state index contributed by atoms with van der Waals surface area (Å²) in [5, 5.41) is 3.02. The number of carbonyl (C=O) groups is 2. The van der Waals surface area contributed by atoms with Crippen LogP contribution in [0.4, 0.5) is 10.1 Å². The highest BCUT2D eigenvalue weighted by molar-refractivity contribution is 7.92. The number of nitrogens with zero attached hydrogens (tertiary/aromatic N) is 2. The predicted molar refractivity (Wildman–Crippen MR) is 153 cm³/mol. The minimum Gasteiger partial charge on any atom is -0.495 e. The van der Waals surface area contributed by atoms with Crippen LogP contribution in [0.1, 0.15) is 32.3 Å². The van der Waals surface area contributed by atoms with E-state index < -0.39 is 40.2 Å². The van der Waals surface area contributed by atoms with E-state index in [1.165, 1.54) is 67.5 Å². The molecule has 0 aliphatic carbocycles. The van der Waals surface area contributed by atoms with Crippen molar-refractivity contribution in [2.24, 2.45) is 0 Å². The van der Waals surface area contributed by atoms with E-state index >= 15 is 0 Å². The molecule has 0 fully saturated rings. The summed E-state index contributed by atoms with van der Waals surface area (Å²) in [7, 11) is -2.93. The van der Waals surface area contributed by atoms with Gasteiger partial charge in [-0.15, -0.1) is 0 Å². The van der Waals surface area contributed by atoms with Crippen LogP contribution in [0, 0.1) is 5.82 Å². The van der Waals surface area contributed by atoms with Gasteiger partial charge in [0.2, 0.25) is 11.8 Å². The van der Waals surface area contributed by atoms with Crippen molar-refractivity contribution in [2.75, 3.05) is 24.5 Å². The van der Waals surface area contributed by atoms with Gasteiger partial charge >= 0.3 is 0 Å². The van der Waals surface area contributed by atoms with Crippen molar-refractivity contribution >= 4 is 39.1 Å². The first-order valence-corrected chi connectivity index (χ1v) is 14.6. The van der Waals surface area contributed by atoms with Crippen LogP contribution in [0.5, 0.6) is 5.75 Å². The standard InChI is InChI=1S/C29H33ClFN3O5S/c1-4-5-17-32-29(36)21(2)33(19-22-11-9-10-14-25(22)31)28(35)20-34(26-18-23(30)15-16-27(26)39-3)40(37,38)24-12-7-6-8-13-24/h6-16,18,21H,4-5,17,19-20H2,1-3H3,(H,32,36)/t21-/m0/s1. The minimum atomic E-state index is -4.30. The fourth-order valence-electron chi connectivity index (χ4n) is 4.02. The molecule has 11 heteroatoms. The second kappa shape index (κ2) is 14.1. The molecule has 0 spiro atoms. The average Bonchev–Trinajstić information content (AvgIpc) is 2.95. The third kappa shape index (κ3) is 7.51. The Morgan fingerprint density at radius 3 is 2.38 bits per heavy atom. The highest BCUT2D eigenvalue weighted by Gasteiger charge is 2.34. The van der Waals surface area contributed by atoms with Gasteiger partial charge in [-0.05, 0) is 49.7 Å². The number of nitrogens with one attached hydrogen (secondary N) is 1. The van der Waals surface area contributed by atoms with Crippen molar-refractivity contribution in [1.82, 2.24) is 10.2 Å². The highest BCUT2D eigenvalue weighted by Crippen LogP contribution is 2.35. The number of carbonyl (C=O) groups excluding carboxylic acids is 2. The average molecular weight is 590 g/mol. The zero-order valence-corrected chi connectivity index (χ0v) is 24.2. The minimum absolute atomic E-state index is 0.0399. The zero-order valence-electron chi connectivity index (χ0n) is 22.6. The molecule has 0 unspecified atom stereocenters. The zero-order chi connectivity index (χ0) is 29.3. The molecule has 3 rings (SSSR count). The van der Waals surface area contributed by atoms with E-state index in [-0.39, 0.29) is 33.5 Å². The topological polar surface area (TPSA) is 96.0 Å². The molecule has 0 bridgehead atoms. The summed E-state index contributed by atoms with van der Waals surface area (Å²) in [4.78, 5) is 28.0. The van der Waals surface area contributed by atoms with Crippen molar-refractivity contribution < 1.29 is 27.1 Å². The van der Waals surface area contributed by atoms with Gasteiger partial charge in [-0.3, -0.25) is 13.9 Å². The summed E-state index contributed by atoms with van der Waals surface area (Å²) in [5.74, 6) is -1.54. The summed E-state index contributed by atoms with van der Waals surface area (Å²) in [6, 6.07) is 16.9. The van der Waals surface area contributed by atoms with Crippen LogP contribution in [-0.2, 0) is 26.2 Å². The molecule has 0 saturated heterocycles. The summed E-state index contributed by atoms with van der Waals surface area (Å²) in [5.41, 5.74) is 0.222. The fraction of sp³-hybridized carbons (Fsp3) is 0.310. The summed E-state index contributed by atoms with van der Waals surface area (Å²) < 4.78 is 48.7. The van der Waals surface area contributed by atoms with Crippen LogP contribution < -0.4 is 14.4 Å². The number of unbranched alkanes of at least 4 members (excludes halogenated alkanes) is 1. The first-order valence-electron chi connectivity index (χ1n) is 12.8. The first-order chi connectivity index (χ1) is 19.1. The quantitative estimate of drug-likeness (QED) is 0.283. The van der Waals surface area contributed by atoms with E-state index in [0.717, 1.165) is 17.1 Å². The Labute approximate surface area is 239 Å². The van der Waals surface area contributed by atoms with Gasteiger partial charge in [0.25, 0.3) is 10.0 Å². The van der Waals surface area contributed by atoms with Gasteiger partial charge in [-0.25, -0.2) is 12.8 Å². The van der Waals surface area contributed by atoms with Crippen molar-refractivity contribution in [1.29, 1.82) is 0 Å². The molecule has 1 N–H and O–H groups in total. The van der Waals surface area contributed by atoms with Gasteiger partial charge in [-0.2, -0.15) is 0 Å². The number of methoxy groups -OCH3 is 1. The van der Waals surface area contributed by atoms with Crippen LogP contribution in [0.25, 0.3) is 0 Å². The number of halogens is 2. The van der Waals surface area contributed by atoms with Crippen LogP contribution in [-0.4, -0.2) is 51.4 Å². The number of anilines is 1. The lowest BCUT2D eigenvalue weighted by molar-refractivity contribution is -0.139. The number of benzene rings is 3. The highest BCUT2D eigenvalue weighted by atomic mass is 35.5. The third-order valence-electron chi connectivity index (χ3n) is 6.32. The van der Waals surface area contributed by atoms with Crippen LogP contribution in [0.2, 0.25) is 5.02 Å². The van der Waals surface area contributed by atoms with E-state index in [4.69, 9.17) is 16.3 Å². The molecule has 1 atom stereocenters. The lowest BCUT2D eigenvalue weighted by atomic mass is 10.1. The Balaban J connectivity index is 2.07.